The van der Waals surface area contributed by atoms with Crippen LogP contribution in [0.15, 0.2) is 23.9 Å². The Morgan fingerprint density at radius 2 is 2.12 bits per heavy atom. The molecule has 0 aromatic carbocycles. The first-order valence-electron chi connectivity index (χ1n) is 7.36. The Hall–Kier alpha value is -3.38. The number of aryl methyl sites for hydroxylation is 1. The van der Waals surface area contributed by atoms with E-state index in [0.717, 1.165) is 11.3 Å². The molecule has 2 amide bonds. The van der Waals surface area contributed by atoms with Gasteiger partial charge < -0.3 is 20.4 Å². The number of nitriles is 1. The lowest BCUT2D eigenvalue weighted by atomic mass is 10.1. The molecular formula is C17H16N4O4S. The maximum atomic E-state index is 12.5. The van der Waals surface area contributed by atoms with Crippen molar-refractivity contribution in [1.82, 2.24) is 4.57 Å². The molecule has 2 aromatic heterocycles. The van der Waals surface area contributed by atoms with Crippen LogP contribution < -0.4 is 11.1 Å². The van der Waals surface area contributed by atoms with Gasteiger partial charge in [0.2, 0.25) is 0 Å². The van der Waals surface area contributed by atoms with Crippen LogP contribution in [0.1, 0.15) is 31.3 Å². The summed E-state index contributed by atoms with van der Waals surface area (Å²) in [5.41, 5.74) is 6.15. The highest BCUT2D eigenvalue weighted by atomic mass is 32.1. The minimum Gasteiger partial charge on any atom is -0.465 e. The van der Waals surface area contributed by atoms with Crippen molar-refractivity contribution < 1.29 is 19.1 Å². The van der Waals surface area contributed by atoms with Crippen molar-refractivity contribution in [3.05, 3.63) is 45.6 Å². The topological polar surface area (TPSA) is 127 Å². The van der Waals surface area contributed by atoms with E-state index in [1.165, 1.54) is 20.1 Å². The summed E-state index contributed by atoms with van der Waals surface area (Å²) in [6.45, 7) is 1.53. The second-order valence-electron chi connectivity index (χ2n) is 5.28. The van der Waals surface area contributed by atoms with E-state index in [0.29, 0.717) is 11.3 Å². The van der Waals surface area contributed by atoms with Crippen molar-refractivity contribution in [1.29, 1.82) is 5.26 Å². The van der Waals surface area contributed by atoms with E-state index in [9.17, 15) is 19.6 Å². The molecule has 0 radical (unpaired) electrons. The number of esters is 1. The van der Waals surface area contributed by atoms with Crippen molar-refractivity contribution >= 4 is 40.2 Å². The first kappa shape index (κ1) is 19.0. The van der Waals surface area contributed by atoms with Crippen LogP contribution in [0.25, 0.3) is 6.08 Å². The zero-order chi connectivity index (χ0) is 19.4. The minimum atomic E-state index is -0.724. The number of hydrogen-bond acceptors (Lipinski definition) is 6. The number of carbonyl (C=O) groups is 3. The van der Waals surface area contributed by atoms with Crippen LogP contribution in [-0.4, -0.2) is 29.5 Å². The Morgan fingerprint density at radius 1 is 1.42 bits per heavy atom. The van der Waals surface area contributed by atoms with Gasteiger partial charge in [-0.2, -0.15) is 5.26 Å². The lowest BCUT2D eigenvalue weighted by Gasteiger charge is -2.05. The number of hydrogen-bond donors (Lipinski definition) is 2. The van der Waals surface area contributed by atoms with E-state index >= 15 is 0 Å². The monoisotopic (exact) mass is 372 g/mol. The Kier molecular flexibility index (Phi) is 5.59. The fourth-order valence-electron chi connectivity index (χ4n) is 2.28. The van der Waals surface area contributed by atoms with Gasteiger partial charge in [-0.05, 0) is 30.7 Å². The number of methoxy groups -OCH3 is 1. The van der Waals surface area contributed by atoms with Crippen molar-refractivity contribution in [2.75, 3.05) is 12.4 Å². The molecule has 0 spiro atoms. The normalized spacial score (nSPS) is 10.9. The maximum Gasteiger partial charge on any atom is 0.341 e. The third kappa shape index (κ3) is 3.65. The number of aromatic nitrogens is 1. The van der Waals surface area contributed by atoms with E-state index in [1.54, 1.807) is 29.9 Å². The fourth-order valence-corrected chi connectivity index (χ4v) is 3.32. The minimum absolute atomic E-state index is 0.0378. The molecule has 2 rings (SSSR count). The third-order valence-electron chi connectivity index (χ3n) is 3.63. The van der Waals surface area contributed by atoms with Gasteiger partial charge in [0, 0.05) is 18.9 Å². The van der Waals surface area contributed by atoms with Crippen molar-refractivity contribution in [3.63, 3.8) is 0 Å². The summed E-state index contributed by atoms with van der Waals surface area (Å²) in [5, 5.41) is 11.9. The number of primary amides is 1. The van der Waals surface area contributed by atoms with Gasteiger partial charge >= 0.3 is 5.97 Å². The van der Waals surface area contributed by atoms with Gasteiger partial charge in [0.05, 0.1) is 17.6 Å². The number of rotatable bonds is 5. The SMILES string of the molecule is COC(=O)c1c(NC(=O)C(C#N)=Cc2cccn2C)sc(C(N)=O)c1C. The predicted molar refractivity (Wildman–Crippen MR) is 96.5 cm³/mol. The van der Waals surface area contributed by atoms with Crippen molar-refractivity contribution in [3.8, 4) is 6.07 Å². The molecule has 9 heteroatoms. The summed E-state index contributed by atoms with van der Waals surface area (Å²) in [4.78, 5) is 36.1. The molecule has 0 aliphatic rings. The zero-order valence-electron chi connectivity index (χ0n) is 14.3. The number of nitrogens with two attached hydrogens (primary N) is 1. The molecule has 0 aliphatic heterocycles. The van der Waals surface area contributed by atoms with Crippen molar-refractivity contribution in [2.24, 2.45) is 12.8 Å². The Bertz CT molecular complexity index is 962. The number of anilines is 1. The van der Waals surface area contributed by atoms with E-state index < -0.39 is 17.8 Å². The molecule has 8 nitrogen and oxygen atoms in total. The van der Waals surface area contributed by atoms with Crippen LogP contribution in [-0.2, 0) is 16.6 Å². The van der Waals surface area contributed by atoms with Crippen LogP contribution in [0.2, 0.25) is 0 Å². The molecule has 0 unspecified atom stereocenters. The van der Waals surface area contributed by atoms with Gasteiger partial charge in [-0.3, -0.25) is 9.59 Å². The molecule has 134 valence electrons. The number of nitrogens with zero attached hydrogens (tertiary/aromatic N) is 2. The summed E-state index contributed by atoms with van der Waals surface area (Å²) in [6.07, 6.45) is 3.19. The fraction of sp³-hybridized carbons (Fsp3) is 0.176. The summed E-state index contributed by atoms with van der Waals surface area (Å²) >= 11 is 0.856. The molecule has 0 saturated carbocycles. The van der Waals surface area contributed by atoms with Gasteiger partial charge in [-0.25, -0.2) is 4.79 Å². The lowest BCUT2D eigenvalue weighted by molar-refractivity contribution is -0.112. The van der Waals surface area contributed by atoms with Gasteiger partial charge in [0.1, 0.15) is 16.6 Å². The van der Waals surface area contributed by atoms with Gasteiger partial charge in [0.25, 0.3) is 11.8 Å². The van der Waals surface area contributed by atoms with Crippen molar-refractivity contribution in [2.45, 2.75) is 6.92 Å². The van der Waals surface area contributed by atoms with Crippen LogP contribution in [0.3, 0.4) is 0 Å². The number of ether oxygens (including phenoxy) is 1. The molecule has 2 aromatic rings. The third-order valence-corrected chi connectivity index (χ3v) is 4.85. The summed E-state index contributed by atoms with van der Waals surface area (Å²) < 4.78 is 6.44. The Labute approximate surface area is 153 Å². The highest BCUT2D eigenvalue weighted by Crippen LogP contribution is 2.33. The van der Waals surface area contributed by atoms with Crippen LogP contribution in [0.5, 0.6) is 0 Å². The van der Waals surface area contributed by atoms with Gasteiger partial charge in [-0.15, -0.1) is 11.3 Å². The zero-order valence-corrected chi connectivity index (χ0v) is 15.1. The first-order valence-corrected chi connectivity index (χ1v) is 8.17. The second-order valence-corrected chi connectivity index (χ2v) is 6.30. The Balaban J connectivity index is 2.42. The molecule has 0 fully saturated rings. The molecule has 0 aliphatic carbocycles. The summed E-state index contributed by atoms with van der Waals surface area (Å²) in [5.74, 6) is -2.15. The van der Waals surface area contributed by atoms with E-state index in [4.69, 9.17) is 10.5 Å². The van der Waals surface area contributed by atoms with Crippen LogP contribution in [0, 0.1) is 18.3 Å². The molecule has 0 bridgehead atoms. The lowest BCUT2D eigenvalue weighted by Crippen LogP contribution is -2.15. The quantitative estimate of drug-likeness (QED) is 0.470. The Morgan fingerprint density at radius 3 is 2.62 bits per heavy atom. The summed E-state index contributed by atoms with van der Waals surface area (Å²) in [7, 11) is 2.96. The smallest absolute Gasteiger partial charge is 0.341 e. The maximum absolute atomic E-state index is 12.5. The molecule has 0 atom stereocenters. The largest absolute Gasteiger partial charge is 0.465 e. The standard InChI is InChI=1S/C17H16N4O4S/c1-9-12(17(24)25-3)16(26-13(9)14(19)22)20-15(23)10(8-18)7-11-5-4-6-21(11)2/h4-7H,1-3H3,(H2,19,22)(H,20,23). The predicted octanol–water partition coefficient (Wildman–Crippen LogP) is 1.83. The summed E-state index contributed by atoms with van der Waals surface area (Å²) in [6, 6.07) is 5.34. The number of amides is 2. The average Bonchev–Trinajstić information content (AvgIpc) is 3.15. The van der Waals surface area contributed by atoms with E-state index in [2.05, 4.69) is 5.32 Å². The van der Waals surface area contributed by atoms with E-state index in [1.807, 2.05) is 6.07 Å². The molecule has 3 N–H and O–H groups in total. The number of carbonyl (C=O) groups excluding carboxylic acids is 3. The average molecular weight is 372 g/mol. The van der Waals surface area contributed by atoms with Gasteiger partial charge in [0.15, 0.2) is 0 Å². The molecule has 2 heterocycles. The van der Waals surface area contributed by atoms with Crippen LogP contribution in [0.4, 0.5) is 5.00 Å². The van der Waals surface area contributed by atoms with Crippen LogP contribution >= 0.6 is 11.3 Å². The number of thiophene rings is 1. The number of nitrogens with one attached hydrogen (secondary N) is 1. The molecule has 0 saturated heterocycles. The second kappa shape index (κ2) is 7.67. The molecule has 26 heavy (non-hydrogen) atoms. The first-order chi connectivity index (χ1) is 12.3. The molecular weight excluding hydrogens is 356 g/mol. The highest BCUT2D eigenvalue weighted by Gasteiger charge is 2.26. The van der Waals surface area contributed by atoms with Gasteiger partial charge in [-0.1, -0.05) is 0 Å². The highest BCUT2D eigenvalue weighted by molar-refractivity contribution is 7.18. The van der Waals surface area contributed by atoms with E-state index in [-0.39, 0.29) is 21.0 Å².